The summed E-state index contributed by atoms with van der Waals surface area (Å²) in [6.07, 6.45) is 3.04. The highest BCUT2D eigenvalue weighted by molar-refractivity contribution is 7.23. The standard InChI is InChI=1S/C23H21N3O2S2.C21H21N3O3S.C20H18ClN3O2S.C20H18FN3O3S/c1-13-9-16(22(27)25-28)10-15-7-8-26(11-18(13)15)23-24-19(12-29-23)21-14(2)17-5-3-4-6-20(17)30-21;1-13-3-5-14(6-4-13)18-12-28-21(22-18)24-8-7-15-9-16(20(25)23-26)10-19(27-2)17(15)11-24;1-12-7-15(19(25)23-26)8-13-5-6-24(10-17(12)13)20-22-18(11-27-20)14-3-2-4-16(21)9-14;1-27-15-4-2-12(3-5-15)18-11-28-20(22-18)24-7-6-13-8-14(19(25)23-26)9-17(21)16(13)10-24/h3-6,9-10,12,28H,7-8,11H2,1-2H3,(H,25,27);3-6,9-10,12,26H,7-8,11H2,1-2H3,(H,23,25);2-4,7-9,11,26H,5-6,10H2,1H3,(H,23,25);2-5,8-9,11,26H,6-7,10H2,1H3,(H,23,25). The number of carbonyl (C=O) groups excluding carboxylic acids is 4. The van der Waals surface area contributed by atoms with E-state index in [1.807, 2.05) is 103 Å². The average molecular weight is 1630 g/mol. The number of carbonyl (C=O) groups is 4. The van der Waals surface area contributed by atoms with Crippen molar-refractivity contribution >= 4 is 123 Å². The molecule has 5 aromatic heterocycles. The molecule has 0 atom stereocenters. The summed E-state index contributed by atoms with van der Waals surface area (Å²) >= 11 is 14.4. The first-order chi connectivity index (χ1) is 54.8. The first kappa shape index (κ1) is 78.7. The quantitative estimate of drug-likeness (QED) is 0.0371. The number of fused-ring (bicyclic) bond motifs is 5. The number of hydrogen-bond donors (Lipinski definition) is 8. The van der Waals surface area contributed by atoms with Crippen LogP contribution in [0.15, 0.2) is 167 Å². The molecule has 4 aliphatic heterocycles. The highest BCUT2D eigenvalue weighted by Crippen LogP contribution is 2.42. The first-order valence-electron chi connectivity index (χ1n) is 36.1. The van der Waals surface area contributed by atoms with Crippen LogP contribution in [0.4, 0.5) is 24.9 Å². The van der Waals surface area contributed by atoms with Gasteiger partial charge in [0.25, 0.3) is 23.6 Å². The lowest BCUT2D eigenvalue weighted by molar-refractivity contribution is 0.0701. The van der Waals surface area contributed by atoms with Gasteiger partial charge < -0.3 is 29.1 Å². The van der Waals surface area contributed by atoms with E-state index in [0.717, 1.165) is 157 Å². The van der Waals surface area contributed by atoms with Crippen molar-refractivity contribution in [1.82, 2.24) is 41.9 Å². The fourth-order valence-electron chi connectivity index (χ4n) is 14.3. The topological polar surface area (TPSA) is 280 Å². The van der Waals surface area contributed by atoms with Crippen LogP contribution in [0, 0.1) is 33.5 Å². The second kappa shape index (κ2) is 34.9. The molecule has 4 amide bonds. The van der Waals surface area contributed by atoms with Gasteiger partial charge in [-0.1, -0.05) is 71.8 Å². The molecule has 0 saturated carbocycles. The van der Waals surface area contributed by atoms with Gasteiger partial charge in [-0.25, -0.2) is 46.2 Å². The third kappa shape index (κ3) is 17.5. The van der Waals surface area contributed by atoms with Crippen molar-refractivity contribution in [1.29, 1.82) is 0 Å². The predicted octanol–water partition coefficient (Wildman–Crippen LogP) is 17.2. The minimum absolute atomic E-state index is 0.114. The minimum Gasteiger partial charge on any atom is -0.497 e. The Morgan fingerprint density at radius 1 is 0.442 bits per heavy atom. The summed E-state index contributed by atoms with van der Waals surface area (Å²) in [7, 11) is 3.22. The van der Waals surface area contributed by atoms with E-state index in [0.29, 0.717) is 59.1 Å². The molecule has 0 unspecified atom stereocenters. The third-order valence-corrected chi connectivity index (χ3v) is 25.5. The van der Waals surface area contributed by atoms with Crippen LogP contribution >= 0.6 is 68.3 Å². The van der Waals surface area contributed by atoms with Crippen LogP contribution < -0.4 is 51.0 Å². The second-order valence-corrected chi connectivity index (χ2v) is 32.3. The molecule has 13 aromatic rings. The number of hydroxylamine groups is 4. The SMILES string of the molecule is COc1cc(C(=O)NO)cc2c1CN(c1nc(-c3ccc(C)cc3)cs1)CC2.COc1ccc(-c2csc(N3CCc4cc(C(=O)NO)cc(F)c4C3)n2)cc1.Cc1cc(C(=O)NO)cc2c1CN(c1nc(-c3cccc(Cl)c3)cs1)CC2.Cc1cc(C(=O)NO)cc2c1CN(c1nc(-c3sc4ccccc4c3C)cs1)CC2. The number of rotatable bonds is 14. The van der Waals surface area contributed by atoms with Crippen molar-refractivity contribution in [2.75, 3.05) is 60.0 Å². The van der Waals surface area contributed by atoms with Crippen molar-refractivity contribution in [3.8, 4) is 55.8 Å². The van der Waals surface area contributed by atoms with Crippen LogP contribution in [0.5, 0.6) is 11.5 Å². The molecule has 9 heterocycles. The van der Waals surface area contributed by atoms with Gasteiger partial charge in [0.2, 0.25) is 0 Å². The van der Waals surface area contributed by atoms with E-state index in [4.69, 9.17) is 61.8 Å². The maximum Gasteiger partial charge on any atom is 0.274 e. The molecule has 4 aliphatic rings. The van der Waals surface area contributed by atoms with Crippen molar-refractivity contribution in [3.05, 3.63) is 267 Å². The Bertz CT molecular complexity index is 5690. The lowest BCUT2D eigenvalue weighted by Gasteiger charge is -2.30. The lowest BCUT2D eigenvalue weighted by atomic mass is 9.93. The highest BCUT2D eigenvalue weighted by Gasteiger charge is 2.29. The molecular formula is C84H78ClFN12O10S5. The molecule has 8 aromatic carbocycles. The highest BCUT2D eigenvalue weighted by atomic mass is 35.5. The number of nitrogens with one attached hydrogen (secondary N) is 4. The number of hydrogen-bond acceptors (Lipinski definition) is 23. The average Bonchev–Trinajstić information content (AvgIpc) is 1.78. The van der Waals surface area contributed by atoms with Gasteiger partial charge in [-0.2, -0.15) is 0 Å². The number of anilines is 4. The zero-order valence-electron chi connectivity index (χ0n) is 62.3. The molecule has 578 valence electrons. The Morgan fingerprint density at radius 2 is 0.850 bits per heavy atom. The minimum atomic E-state index is -0.715. The Kier molecular flexibility index (Phi) is 24.3. The molecule has 0 bridgehead atoms. The number of aryl methyl sites for hydroxylation is 4. The molecule has 113 heavy (non-hydrogen) atoms. The molecular weight excluding hydrogens is 1550 g/mol. The van der Waals surface area contributed by atoms with E-state index in [1.165, 1.54) is 54.1 Å². The van der Waals surface area contributed by atoms with Crippen LogP contribution in [-0.2, 0) is 51.9 Å². The number of benzene rings is 8. The fourth-order valence-corrected chi connectivity index (χ4v) is 19.2. The molecule has 0 radical (unpaired) electrons. The molecule has 0 aliphatic carbocycles. The summed E-state index contributed by atoms with van der Waals surface area (Å²) in [5.74, 6) is -1.21. The summed E-state index contributed by atoms with van der Waals surface area (Å²) in [4.78, 5) is 76.2. The van der Waals surface area contributed by atoms with Crippen molar-refractivity contribution in [3.63, 3.8) is 0 Å². The number of nitrogens with zero attached hydrogens (tertiary/aromatic N) is 8. The molecule has 0 spiro atoms. The van der Waals surface area contributed by atoms with Crippen LogP contribution in [0.3, 0.4) is 0 Å². The maximum atomic E-state index is 14.5. The van der Waals surface area contributed by atoms with Gasteiger partial charge in [0.1, 0.15) is 17.3 Å². The zero-order chi connectivity index (χ0) is 79.1. The van der Waals surface area contributed by atoms with Crippen LogP contribution in [0.1, 0.15) is 108 Å². The zero-order valence-corrected chi connectivity index (χ0v) is 67.1. The second-order valence-electron chi connectivity index (χ2n) is 27.4. The lowest BCUT2D eigenvalue weighted by Crippen LogP contribution is -2.31. The Balaban J connectivity index is 0.000000125. The smallest absolute Gasteiger partial charge is 0.274 e. The molecule has 0 saturated heterocycles. The van der Waals surface area contributed by atoms with Crippen molar-refractivity contribution < 1.29 is 53.9 Å². The van der Waals surface area contributed by atoms with Crippen LogP contribution in [0.25, 0.3) is 54.4 Å². The van der Waals surface area contributed by atoms with Gasteiger partial charge in [0, 0.05) is 134 Å². The molecule has 8 N–H and O–H groups in total. The Labute approximate surface area is 675 Å². The number of thiazole rings is 4. The van der Waals surface area contributed by atoms with E-state index in [2.05, 4.69) is 93.2 Å². The number of halogens is 2. The first-order valence-corrected chi connectivity index (χ1v) is 40.8. The molecule has 22 nitrogen and oxygen atoms in total. The van der Waals surface area contributed by atoms with E-state index >= 15 is 0 Å². The van der Waals surface area contributed by atoms with Crippen molar-refractivity contribution in [2.24, 2.45) is 0 Å². The Morgan fingerprint density at radius 3 is 1.31 bits per heavy atom. The normalized spacial score (nSPS) is 13.3. The number of aromatic nitrogens is 4. The van der Waals surface area contributed by atoms with E-state index in [-0.39, 0.29) is 5.56 Å². The molecule has 17 rings (SSSR count). The van der Waals surface area contributed by atoms with Gasteiger partial charge in [0.05, 0.1) is 41.9 Å². The summed E-state index contributed by atoms with van der Waals surface area (Å²) in [5, 5.41) is 49.5. The number of amides is 4. The summed E-state index contributed by atoms with van der Waals surface area (Å²) in [6.45, 7) is 14.0. The summed E-state index contributed by atoms with van der Waals surface area (Å²) in [6, 6.07) is 45.9. The Hall–Kier alpha value is -11.0. The number of methoxy groups -OCH3 is 2. The van der Waals surface area contributed by atoms with Gasteiger partial charge in [0.15, 0.2) is 20.5 Å². The third-order valence-electron chi connectivity index (χ3n) is 20.4. The summed E-state index contributed by atoms with van der Waals surface area (Å²) in [5.41, 5.74) is 27.9. The van der Waals surface area contributed by atoms with E-state index < -0.39 is 29.4 Å². The number of thiophene rings is 1. The van der Waals surface area contributed by atoms with E-state index in [1.54, 1.807) is 93.6 Å². The van der Waals surface area contributed by atoms with Gasteiger partial charge >= 0.3 is 0 Å². The van der Waals surface area contributed by atoms with Gasteiger partial charge in [-0.15, -0.1) is 56.7 Å². The molecule has 29 heteroatoms. The van der Waals surface area contributed by atoms with Gasteiger partial charge in [-0.3, -0.25) is 40.0 Å². The van der Waals surface area contributed by atoms with Crippen LogP contribution in [-0.4, -0.2) is 105 Å². The monoisotopic (exact) mass is 1630 g/mol. The number of ether oxygens (including phenoxy) is 2. The maximum absolute atomic E-state index is 14.5. The van der Waals surface area contributed by atoms with Crippen LogP contribution in [0.2, 0.25) is 5.02 Å². The van der Waals surface area contributed by atoms with Gasteiger partial charge in [-0.05, 0) is 200 Å². The fraction of sp³-hybridized carbons (Fsp3) is 0.214. The largest absolute Gasteiger partial charge is 0.497 e. The predicted molar refractivity (Wildman–Crippen MR) is 444 cm³/mol. The van der Waals surface area contributed by atoms with E-state index in [9.17, 15) is 23.6 Å². The van der Waals surface area contributed by atoms with Crippen molar-refractivity contribution in [2.45, 2.75) is 79.6 Å². The molecule has 0 fully saturated rings. The summed E-state index contributed by atoms with van der Waals surface area (Å²) < 4.78 is 26.5.